The predicted molar refractivity (Wildman–Crippen MR) is 83.0 cm³/mol. The third-order valence-corrected chi connectivity index (χ3v) is 3.19. The molecular formula is C15H18BrN3O. The van der Waals surface area contributed by atoms with Crippen molar-refractivity contribution in [2.24, 2.45) is 0 Å². The Hall–Kier alpha value is -1.46. The van der Waals surface area contributed by atoms with Gasteiger partial charge in [0.2, 0.25) is 5.88 Å². The third kappa shape index (κ3) is 4.28. The number of hydrogen-bond acceptors (Lipinski definition) is 4. The first kappa shape index (κ1) is 14.9. The zero-order valence-electron chi connectivity index (χ0n) is 11.7. The lowest BCUT2D eigenvalue weighted by molar-refractivity contribution is 0.457. The lowest BCUT2D eigenvalue weighted by Crippen LogP contribution is -2.12. The van der Waals surface area contributed by atoms with Crippen molar-refractivity contribution < 1.29 is 4.74 Å². The molecule has 0 fully saturated rings. The van der Waals surface area contributed by atoms with Crippen molar-refractivity contribution in [3.63, 3.8) is 0 Å². The standard InChI is InChI=1S/C15H18BrN3O/c1-3-13-5-11(8-17-4-2)6-15(19-13)20-14-7-12(16)9-18-10-14/h5-7,9-10,17H,3-4,8H2,1-2H3. The fourth-order valence-corrected chi connectivity index (χ4v) is 2.14. The first-order valence-electron chi connectivity index (χ1n) is 6.70. The monoisotopic (exact) mass is 335 g/mol. The van der Waals surface area contributed by atoms with Crippen molar-refractivity contribution >= 4 is 15.9 Å². The Morgan fingerprint density at radius 1 is 1.20 bits per heavy atom. The average Bonchev–Trinajstić information content (AvgIpc) is 2.45. The van der Waals surface area contributed by atoms with Gasteiger partial charge in [0.1, 0.15) is 5.75 Å². The van der Waals surface area contributed by atoms with E-state index in [2.05, 4.69) is 51.1 Å². The van der Waals surface area contributed by atoms with Gasteiger partial charge in [-0.1, -0.05) is 13.8 Å². The smallest absolute Gasteiger partial charge is 0.219 e. The lowest BCUT2D eigenvalue weighted by atomic mass is 10.2. The molecule has 2 aromatic heterocycles. The molecule has 0 atom stereocenters. The Bertz CT molecular complexity index is 575. The number of aromatic nitrogens is 2. The normalized spacial score (nSPS) is 10.6. The SMILES string of the molecule is CCNCc1cc(CC)nc(Oc2cncc(Br)c2)c1. The van der Waals surface area contributed by atoms with Crippen LogP contribution in [0.15, 0.2) is 35.1 Å². The van der Waals surface area contributed by atoms with Gasteiger partial charge >= 0.3 is 0 Å². The fraction of sp³-hybridized carbons (Fsp3) is 0.333. The molecule has 2 rings (SSSR count). The number of rotatable bonds is 6. The summed E-state index contributed by atoms with van der Waals surface area (Å²) >= 11 is 3.38. The van der Waals surface area contributed by atoms with Crippen molar-refractivity contribution in [1.82, 2.24) is 15.3 Å². The van der Waals surface area contributed by atoms with Crippen LogP contribution in [0, 0.1) is 0 Å². The van der Waals surface area contributed by atoms with E-state index in [1.807, 2.05) is 12.1 Å². The van der Waals surface area contributed by atoms with E-state index in [0.29, 0.717) is 11.6 Å². The zero-order chi connectivity index (χ0) is 14.4. The first-order chi connectivity index (χ1) is 9.71. The van der Waals surface area contributed by atoms with E-state index in [4.69, 9.17) is 4.74 Å². The summed E-state index contributed by atoms with van der Waals surface area (Å²) in [7, 11) is 0. The highest BCUT2D eigenvalue weighted by molar-refractivity contribution is 9.10. The van der Waals surface area contributed by atoms with Crippen molar-refractivity contribution in [2.45, 2.75) is 26.8 Å². The van der Waals surface area contributed by atoms with Crippen LogP contribution < -0.4 is 10.1 Å². The fourth-order valence-electron chi connectivity index (χ4n) is 1.79. The molecule has 0 aliphatic carbocycles. The summed E-state index contributed by atoms with van der Waals surface area (Å²) in [5.41, 5.74) is 2.20. The molecular weight excluding hydrogens is 318 g/mol. The molecule has 0 radical (unpaired) electrons. The Morgan fingerprint density at radius 3 is 2.75 bits per heavy atom. The van der Waals surface area contributed by atoms with E-state index in [-0.39, 0.29) is 0 Å². The van der Waals surface area contributed by atoms with Gasteiger partial charge in [0, 0.05) is 29.0 Å². The summed E-state index contributed by atoms with van der Waals surface area (Å²) in [4.78, 5) is 8.57. The van der Waals surface area contributed by atoms with E-state index in [0.717, 1.165) is 29.7 Å². The molecule has 0 amide bonds. The number of nitrogens with one attached hydrogen (secondary N) is 1. The van der Waals surface area contributed by atoms with Gasteiger partial charge in [0.15, 0.2) is 0 Å². The van der Waals surface area contributed by atoms with Crippen molar-refractivity contribution in [1.29, 1.82) is 0 Å². The van der Waals surface area contributed by atoms with Gasteiger partial charge in [-0.2, -0.15) is 0 Å². The van der Waals surface area contributed by atoms with Crippen LogP contribution in [0.1, 0.15) is 25.1 Å². The lowest BCUT2D eigenvalue weighted by Gasteiger charge is -2.09. The van der Waals surface area contributed by atoms with Gasteiger partial charge in [0.25, 0.3) is 0 Å². The number of hydrogen-bond donors (Lipinski definition) is 1. The molecule has 0 unspecified atom stereocenters. The van der Waals surface area contributed by atoms with Gasteiger partial charge in [0.05, 0.1) is 6.20 Å². The minimum atomic E-state index is 0.608. The van der Waals surface area contributed by atoms with E-state index in [1.54, 1.807) is 12.4 Å². The third-order valence-electron chi connectivity index (χ3n) is 2.76. The number of aryl methyl sites for hydroxylation is 1. The van der Waals surface area contributed by atoms with Gasteiger partial charge in [-0.05, 0) is 46.6 Å². The maximum atomic E-state index is 5.79. The van der Waals surface area contributed by atoms with E-state index in [9.17, 15) is 0 Å². The maximum absolute atomic E-state index is 5.79. The highest BCUT2D eigenvalue weighted by Crippen LogP contribution is 2.23. The maximum Gasteiger partial charge on any atom is 0.219 e. The van der Waals surface area contributed by atoms with Crippen LogP contribution in [0.4, 0.5) is 0 Å². The second-order valence-corrected chi connectivity index (χ2v) is 5.30. The molecule has 0 saturated heterocycles. The van der Waals surface area contributed by atoms with Crippen LogP contribution in [0.2, 0.25) is 0 Å². The predicted octanol–water partition coefficient (Wildman–Crippen LogP) is 3.70. The molecule has 106 valence electrons. The summed E-state index contributed by atoms with van der Waals surface area (Å²) < 4.78 is 6.67. The molecule has 0 bridgehead atoms. The quantitative estimate of drug-likeness (QED) is 0.874. The van der Waals surface area contributed by atoms with Crippen LogP contribution in [-0.4, -0.2) is 16.5 Å². The molecule has 0 spiro atoms. The summed E-state index contributed by atoms with van der Waals surface area (Å²) in [5.74, 6) is 1.28. The highest BCUT2D eigenvalue weighted by Gasteiger charge is 2.05. The molecule has 2 heterocycles. The Kier molecular flexibility index (Phi) is 5.49. The zero-order valence-corrected chi connectivity index (χ0v) is 13.3. The summed E-state index contributed by atoms with van der Waals surface area (Å²) in [6.07, 6.45) is 4.28. The van der Waals surface area contributed by atoms with E-state index in [1.165, 1.54) is 5.56 Å². The van der Waals surface area contributed by atoms with Gasteiger partial charge in [-0.15, -0.1) is 0 Å². The topological polar surface area (TPSA) is 47.0 Å². The Balaban J connectivity index is 2.21. The average molecular weight is 336 g/mol. The van der Waals surface area contributed by atoms with Crippen molar-refractivity contribution in [2.75, 3.05) is 6.54 Å². The molecule has 20 heavy (non-hydrogen) atoms. The van der Waals surface area contributed by atoms with Crippen molar-refractivity contribution in [3.05, 3.63) is 46.3 Å². The second-order valence-electron chi connectivity index (χ2n) is 4.38. The van der Waals surface area contributed by atoms with Crippen LogP contribution in [0.25, 0.3) is 0 Å². The summed E-state index contributed by atoms with van der Waals surface area (Å²) in [6, 6.07) is 5.94. The number of halogens is 1. The second kappa shape index (κ2) is 7.36. The largest absolute Gasteiger partial charge is 0.437 e. The molecule has 0 aromatic carbocycles. The minimum Gasteiger partial charge on any atom is -0.437 e. The number of nitrogens with zero attached hydrogens (tertiary/aromatic N) is 2. The Morgan fingerprint density at radius 2 is 2.05 bits per heavy atom. The molecule has 0 saturated carbocycles. The molecule has 5 heteroatoms. The summed E-state index contributed by atoms with van der Waals surface area (Å²) in [5, 5.41) is 3.31. The Labute approximate surface area is 127 Å². The molecule has 1 N–H and O–H groups in total. The van der Waals surface area contributed by atoms with Crippen LogP contribution in [0.5, 0.6) is 11.6 Å². The van der Waals surface area contributed by atoms with E-state index < -0.39 is 0 Å². The number of ether oxygens (including phenoxy) is 1. The van der Waals surface area contributed by atoms with Crippen molar-refractivity contribution in [3.8, 4) is 11.6 Å². The number of pyridine rings is 2. The van der Waals surface area contributed by atoms with E-state index >= 15 is 0 Å². The van der Waals surface area contributed by atoms with Crippen LogP contribution in [0.3, 0.4) is 0 Å². The first-order valence-corrected chi connectivity index (χ1v) is 7.49. The van der Waals surface area contributed by atoms with Gasteiger partial charge in [-0.3, -0.25) is 4.98 Å². The molecule has 2 aromatic rings. The minimum absolute atomic E-state index is 0.608. The van der Waals surface area contributed by atoms with Gasteiger partial charge < -0.3 is 10.1 Å². The van der Waals surface area contributed by atoms with Crippen LogP contribution in [-0.2, 0) is 13.0 Å². The highest BCUT2D eigenvalue weighted by atomic mass is 79.9. The molecule has 0 aliphatic rings. The summed E-state index contributed by atoms with van der Waals surface area (Å²) in [6.45, 7) is 5.94. The van der Waals surface area contributed by atoms with Crippen LogP contribution >= 0.6 is 15.9 Å². The molecule has 4 nitrogen and oxygen atoms in total. The van der Waals surface area contributed by atoms with Gasteiger partial charge in [-0.25, -0.2) is 4.98 Å². The molecule has 0 aliphatic heterocycles.